The van der Waals surface area contributed by atoms with E-state index in [1.54, 1.807) is 4.31 Å². The Labute approximate surface area is 148 Å². The van der Waals surface area contributed by atoms with Crippen LogP contribution in [0.15, 0.2) is 0 Å². The summed E-state index contributed by atoms with van der Waals surface area (Å²) in [6.45, 7) is 12.9. The highest BCUT2D eigenvalue weighted by Gasteiger charge is 2.24. The molecule has 0 aromatic rings. The maximum Gasteiger partial charge on any atom is 0.211 e. The van der Waals surface area contributed by atoms with Gasteiger partial charge in [-0.15, -0.1) is 0 Å². The van der Waals surface area contributed by atoms with E-state index < -0.39 is 19.9 Å². The molecule has 2 fully saturated rings. The van der Waals surface area contributed by atoms with E-state index in [2.05, 4.69) is 37.5 Å². The third-order valence-corrected chi connectivity index (χ3v) is 7.49. The van der Waals surface area contributed by atoms with Gasteiger partial charge in [-0.2, -0.15) is 4.31 Å². The summed E-state index contributed by atoms with van der Waals surface area (Å²) in [6, 6.07) is 0.993. The van der Waals surface area contributed by atoms with Crippen molar-refractivity contribution in [2.24, 2.45) is 0 Å². The molecule has 2 rings (SSSR count). The largest absolute Gasteiger partial charge is 0.299 e. The Morgan fingerprint density at radius 2 is 1.12 bits per heavy atom. The van der Waals surface area contributed by atoms with E-state index in [0.29, 0.717) is 49.8 Å². The first-order valence-electron chi connectivity index (χ1n) is 8.56. The zero-order chi connectivity index (χ0) is 18.5. The van der Waals surface area contributed by atoms with Crippen LogP contribution >= 0.6 is 0 Å². The molecule has 0 atom stereocenters. The van der Waals surface area contributed by atoms with Gasteiger partial charge in [0.25, 0.3) is 0 Å². The van der Waals surface area contributed by atoms with E-state index >= 15 is 0 Å². The molecule has 0 unspecified atom stereocenters. The molecule has 0 radical (unpaired) electrons. The Kier molecular flexibility index (Phi) is 8.12. The van der Waals surface area contributed by atoms with Gasteiger partial charge < -0.3 is 0 Å². The minimum atomic E-state index is -2.97. The minimum absolute atomic E-state index is 0.338. The zero-order valence-electron chi connectivity index (χ0n) is 15.6. The quantitative estimate of drug-likeness (QED) is 0.688. The molecule has 0 saturated carbocycles. The van der Waals surface area contributed by atoms with E-state index in [1.165, 1.54) is 6.26 Å². The van der Waals surface area contributed by atoms with E-state index in [1.807, 2.05) is 0 Å². The van der Waals surface area contributed by atoms with Gasteiger partial charge in [-0.05, 0) is 27.7 Å². The second kappa shape index (κ2) is 8.93. The summed E-state index contributed by atoms with van der Waals surface area (Å²) >= 11 is 0. The van der Waals surface area contributed by atoms with Crippen molar-refractivity contribution in [1.82, 2.24) is 14.1 Å². The van der Waals surface area contributed by atoms with Crippen molar-refractivity contribution in [3.05, 3.63) is 0 Å². The topological polar surface area (TPSA) is 78.0 Å². The highest BCUT2D eigenvalue weighted by atomic mass is 32.2. The van der Waals surface area contributed by atoms with Crippen LogP contribution in [0.5, 0.6) is 0 Å². The molecule has 0 aromatic heterocycles. The maximum absolute atomic E-state index is 11.2. The lowest BCUT2D eigenvalue weighted by atomic mass is 10.3. The first-order valence-corrected chi connectivity index (χ1v) is 12.2. The highest BCUT2D eigenvalue weighted by molar-refractivity contribution is 7.91. The first kappa shape index (κ1) is 21.8. The van der Waals surface area contributed by atoms with Crippen molar-refractivity contribution >= 4 is 19.9 Å². The monoisotopic (exact) mass is 383 g/mol. The highest BCUT2D eigenvalue weighted by Crippen LogP contribution is 2.08. The number of rotatable bonds is 3. The third-order valence-electron chi connectivity index (χ3n) is 4.58. The minimum Gasteiger partial charge on any atom is -0.299 e. The van der Waals surface area contributed by atoms with Crippen LogP contribution in [0.1, 0.15) is 27.7 Å². The Morgan fingerprint density at radius 1 is 0.750 bits per heavy atom. The number of hydrogen-bond acceptors (Lipinski definition) is 6. The van der Waals surface area contributed by atoms with Crippen molar-refractivity contribution in [2.75, 3.05) is 57.0 Å². The Hall–Kier alpha value is -0.220. The molecule has 2 aliphatic heterocycles. The molecule has 2 saturated heterocycles. The molecule has 0 bridgehead atoms. The van der Waals surface area contributed by atoms with Crippen LogP contribution in [0.3, 0.4) is 0 Å². The van der Waals surface area contributed by atoms with Crippen molar-refractivity contribution in [1.29, 1.82) is 0 Å². The van der Waals surface area contributed by atoms with Gasteiger partial charge in [-0.1, -0.05) is 0 Å². The molecule has 0 spiro atoms. The number of sulfone groups is 1. The van der Waals surface area contributed by atoms with Gasteiger partial charge in [0.05, 0.1) is 17.8 Å². The van der Waals surface area contributed by atoms with E-state index in [9.17, 15) is 16.8 Å². The maximum atomic E-state index is 11.2. The number of piperazine rings is 1. The van der Waals surface area contributed by atoms with Gasteiger partial charge in [0.15, 0.2) is 9.84 Å². The SMILES string of the molecule is CC(C)N1CCN(S(C)(=O)=O)CC1.CC(C)N1CCS(=O)(=O)CC1. The molecule has 9 heteroatoms. The fourth-order valence-corrected chi connectivity index (χ4v) is 4.85. The van der Waals surface area contributed by atoms with E-state index in [-0.39, 0.29) is 0 Å². The lowest BCUT2D eigenvalue weighted by molar-refractivity contribution is 0.154. The summed E-state index contributed by atoms with van der Waals surface area (Å²) in [7, 11) is -5.66. The lowest BCUT2D eigenvalue weighted by Crippen LogP contribution is -2.50. The van der Waals surface area contributed by atoms with Crippen LogP contribution in [0, 0.1) is 0 Å². The number of nitrogens with zero attached hydrogens (tertiary/aromatic N) is 3. The molecule has 2 aliphatic rings. The smallest absolute Gasteiger partial charge is 0.211 e. The van der Waals surface area contributed by atoms with Gasteiger partial charge in [0.1, 0.15) is 0 Å². The predicted octanol–water partition coefficient (Wildman–Crippen LogP) is 0.0972. The van der Waals surface area contributed by atoms with Crippen LogP contribution in [0.25, 0.3) is 0 Å². The van der Waals surface area contributed by atoms with Crippen LogP contribution in [0.4, 0.5) is 0 Å². The van der Waals surface area contributed by atoms with Crippen molar-refractivity contribution in [2.45, 2.75) is 39.8 Å². The molecule has 144 valence electrons. The van der Waals surface area contributed by atoms with Crippen LogP contribution in [-0.2, 0) is 19.9 Å². The van der Waals surface area contributed by atoms with Gasteiger partial charge in [-0.25, -0.2) is 16.8 Å². The standard InChI is InChI=1S/C8H18N2O2S.C7H15NO2S/c1-8(2)9-4-6-10(7-5-9)13(3,11)12;1-7(2)8-3-5-11(9,10)6-4-8/h8H,4-7H2,1-3H3;7H,3-6H2,1-2H3. The van der Waals surface area contributed by atoms with Crippen LogP contribution in [0.2, 0.25) is 0 Å². The molecular formula is C15H33N3O4S2. The normalized spacial score (nSPS) is 24.0. The molecule has 0 N–H and O–H groups in total. The summed E-state index contributed by atoms with van der Waals surface area (Å²) in [5.41, 5.74) is 0. The average Bonchev–Trinajstić information content (AvgIpc) is 2.46. The second-order valence-electron chi connectivity index (χ2n) is 7.07. The average molecular weight is 384 g/mol. The molecule has 24 heavy (non-hydrogen) atoms. The predicted molar refractivity (Wildman–Crippen MR) is 98.5 cm³/mol. The molecule has 0 amide bonds. The molecule has 2 heterocycles. The van der Waals surface area contributed by atoms with Gasteiger partial charge in [0, 0.05) is 51.4 Å². The van der Waals surface area contributed by atoms with Crippen molar-refractivity contribution in [3.8, 4) is 0 Å². The van der Waals surface area contributed by atoms with Gasteiger partial charge in [0.2, 0.25) is 10.0 Å². The number of sulfonamides is 1. The fraction of sp³-hybridized carbons (Fsp3) is 1.00. The lowest BCUT2D eigenvalue weighted by Gasteiger charge is -2.35. The van der Waals surface area contributed by atoms with Crippen molar-refractivity contribution in [3.63, 3.8) is 0 Å². The fourth-order valence-electron chi connectivity index (χ4n) is 2.79. The van der Waals surface area contributed by atoms with Gasteiger partial charge in [-0.3, -0.25) is 9.80 Å². The molecule has 0 aliphatic carbocycles. The zero-order valence-corrected chi connectivity index (χ0v) is 17.2. The Bertz CT molecular complexity index is 566. The second-order valence-corrected chi connectivity index (χ2v) is 11.4. The summed E-state index contributed by atoms with van der Waals surface area (Å²) in [5, 5.41) is 0. The Balaban J connectivity index is 0.000000243. The summed E-state index contributed by atoms with van der Waals surface area (Å²) < 4.78 is 45.9. The van der Waals surface area contributed by atoms with Crippen LogP contribution < -0.4 is 0 Å². The first-order chi connectivity index (χ1) is 10.9. The van der Waals surface area contributed by atoms with E-state index in [4.69, 9.17) is 0 Å². The van der Waals surface area contributed by atoms with Gasteiger partial charge >= 0.3 is 0 Å². The summed E-state index contributed by atoms with van der Waals surface area (Å²) in [4.78, 5) is 4.49. The molecular weight excluding hydrogens is 350 g/mol. The third kappa shape index (κ3) is 7.35. The molecule has 7 nitrogen and oxygen atoms in total. The van der Waals surface area contributed by atoms with E-state index in [0.717, 1.165) is 13.1 Å². The Morgan fingerprint density at radius 3 is 1.46 bits per heavy atom. The van der Waals surface area contributed by atoms with Crippen molar-refractivity contribution < 1.29 is 16.8 Å². The summed E-state index contributed by atoms with van der Waals surface area (Å²) in [5.74, 6) is 0.677. The number of hydrogen-bond donors (Lipinski definition) is 0. The van der Waals surface area contributed by atoms with Crippen LogP contribution in [-0.4, -0.2) is 100 Å². The summed E-state index contributed by atoms with van der Waals surface area (Å²) in [6.07, 6.45) is 1.28. The molecule has 0 aromatic carbocycles.